The molecule has 5 heteroatoms. The highest BCUT2D eigenvalue weighted by Crippen LogP contribution is 2.35. The van der Waals surface area contributed by atoms with Crippen LogP contribution in [0.3, 0.4) is 0 Å². The highest BCUT2D eigenvalue weighted by molar-refractivity contribution is 6.02. The fraction of sp³-hybridized carbons (Fsp3) is 0.304. The minimum absolute atomic E-state index is 0.134. The molecule has 0 bridgehead atoms. The molecule has 1 amide bonds. The van der Waals surface area contributed by atoms with Crippen molar-refractivity contribution in [1.82, 2.24) is 9.97 Å². The van der Waals surface area contributed by atoms with Crippen LogP contribution in [0.1, 0.15) is 30.7 Å². The molecule has 0 spiro atoms. The van der Waals surface area contributed by atoms with Crippen molar-refractivity contribution in [2.75, 3.05) is 11.9 Å². The summed E-state index contributed by atoms with van der Waals surface area (Å²) in [6, 6.07) is 8.29. The molecular formula is C23H27N3O2. The van der Waals surface area contributed by atoms with Crippen LogP contribution in [-0.4, -0.2) is 29.0 Å². The van der Waals surface area contributed by atoms with Crippen LogP contribution in [0.5, 0.6) is 0 Å². The number of pyridine rings is 1. The van der Waals surface area contributed by atoms with Gasteiger partial charge in [-0.15, -0.1) is 0 Å². The van der Waals surface area contributed by atoms with Gasteiger partial charge in [0.05, 0.1) is 12.7 Å². The first-order chi connectivity index (χ1) is 13.3. The van der Waals surface area contributed by atoms with Crippen LogP contribution in [0.15, 0.2) is 43.1 Å². The van der Waals surface area contributed by atoms with Crippen LogP contribution in [0, 0.1) is 13.8 Å². The number of H-pyrrole nitrogens is 1. The smallest absolute Gasteiger partial charge is 0.250 e. The Morgan fingerprint density at radius 3 is 2.75 bits per heavy atom. The number of nitrogens with zero attached hydrogens (tertiary/aromatic N) is 2. The Balaban J connectivity index is 2.10. The topological polar surface area (TPSA) is 58.2 Å². The minimum Gasteiger partial charge on any atom is -0.374 e. The van der Waals surface area contributed by atoms with Gasteiger partial charge in [0.25, 0.3) is 0 Å². The molecule has 1 N–H and O–H groups in total. The summed E-state index contributed by atoms with van der Waals surface area (Å²) in [5.74, 6) is -0.134. The largest absolute Gasteiger partial charge is 0.374 e. The first kappa shape index (κ1) is 19.8. The number of hydrogen-bond donors (Lipinski definition) is 1. The van der Waals surface area contributed by atoms with E-state index < -0.39 is 0 Å². The van der Waals surface area contributed by atoms with E-state index in [1.54, 1.807) is 11.9 Å². The van der Waals surface area contributed by atoms with Gasteiger partial charge in [-0.3, -0.25) is 4.79 Å². The Kier molecular flexibility index (Phi) is 5.66. The summed E-state index contributed by atoms with van der Waals surface area (Å²) in [6.45, 7) is 12.2. The molecule has 0 atom stereocenters. The lowest BCUT2D eigenvalue weighted by Gasteiger charge is -2.19. The number of nitrogens with one attached hydrogen (secondary N) is 1. The maximum atomic E-state index is 12.1. The average Bonchev–Trinajstić information content (AvgIpc) is 3.00. The standard InChI is InChI=1S/C23H27N3O2/c1-7-21(27)26(6)20-11-18(9-8-15(20)4)22-16(5)25-23-19(22)10-17(12-24-23)13-28-14(2)3/h7-12,14H,1,13H2,2-6H3,(H,24,25). The highest BCUT2D eigenvalue weighted by Gasteiger charge is 2.16. The summed E-state index contributed by atoms with van der Waals surface area (Å²) in [7, 11) is 1.77. The minimum atomic E-state index is -0.134. The molecule has 0 aliphatic carbocycles. The Labute approximate surface area is 166 Å². The van der Waals surface area contributed by atoms with Gasteiger partial charge in [-0.1, -0.05) is 18.7 Å². The van der Waals surface area contributed by atoms with E-state index in [9.17, 15) is 4.79 Å². The molecule has 0 radical (unpaired) electrons. The van der Waals surface area contributed by atoms with Gasteiger partial charge in [-0.05, 0) is 62.6 Å². The zero-order valence-electron chi connectivity index (χ0n) is 17.2. The number of carbonyl (C=O) groups excluding carboxylic acids is 1. The van der Waals surface area contributed by atoms with Crippen molar-refractivity contribution in [3.05, 3.63) is 59.9 Å². The third-order valence-corrected chi connectivity index (χ3v) is 4.84. The zero-order valence-corrected chi connectivity index (χ0v) is 17.2. The maximum Gasteiger partial charge on any atom is 0.250 e. The number of aromatic nitrogens is 2. The molecule has 2 heterocycles. The molecule has 0 saturated heterocycles. The van der Waals surface area contributed by atoms with Crippen molar-refractivity contribution in [2.45, 2.75) is 40.4 Å². The van der Waals surface area contributed by atoms with E-state index >= 15 is 0 Å². The van der Waals surface area contributed by atoms with E-state index in [1.165, 1.54) is 6.08 Å². The van der Waals surface area contributed by atoms with Gasteiger partial charge in [-0.25, -0.2) is 4.98 Å². The summed E-state index contributed by atoms with van der Waals surface area (Å²) in [4.78, 5) is 21.6. The van der Waals surface area contributed by atoms with Gasteiger partial charge >= 0.3 is 0 Å². The molecule has 5 nitrogen and oxygen atoms in total. The van der Waals surface area contributed by atoms with E-state index in [1.807, 2.05) is 46.0 Å². The number of aromatic amines is 1. The van der Waals surface area contributed by atoms with Crippen molar-refractivity contribution in [1.29, 1.82) is 0 Å². The first-order valence-electron chi connectivity index (χ1n) is 9.41. The van der Waals surface area contributed by atoms with Crippen molar-refractivity contribution in [3.8, 4) is 11.1 Å². The average molecular weight is 377 g/mol. The molecule has 28 heavy (non-hydrogen) atoms. The normalized spacial score (nSPS) is 11.2. The summed E-state index contributed by atoms with van der Waals surface area (Å²) in [5, 5.41) is 1.05. The predicted octanol–water partition coefficient (Wildman–Crippen LogP) is 4.92. The maximum absolute atomic E-state index is 12.1. The monoisotopic (exact) mass is 377 g/mol. The SMILES string of the molecule is C=CC(=O)N(C)c1cc(-c2c(C)[nH]c3ncc(COC(C)C)cc23)ccc1C. The Morgan fingerprint density at radius 2 is 2.07 bits per heavy atom. The van der Waals surface area contributed by atoms with Crippen LogP contribution in [0.4, 0.5) is 5.69 Å². The van der Waals surface area contributed by atoms with E-state index in [0.717, 1.165) is 44.7 Å². The van der Waals surface area contributed by atoms with E-state index in [2.05, 4.69) is 28.7 Å². The number of ether oxygens (including phenoxy) is 1. The zero-order chi connectivity index (χ0) is 20.4. The number of benzene rings is 1. The van der Waals surface area contributed by atoms with Crippen molar-refractivity contribution < 1.29 is 9.53 Å². The Bertz CT molecular complexity index is 1030. The molecule has 3 rings (SSSR count). The third-order valence-electron chi connectivity index (χ3n) is 4.84. The van der Waals surface area contributed by atoms with Crippen LogP contribution in [-0.2, 0) is 16.1 Å². The number of carbonyl (C=O) groups is 1. The Morgan fingerprint density at radius 1 is 1.32 bits per heavy atom. The molecule has 0 aliphatic rings. The summed E-state index contributed by atoms with van der Waals surface area (Å²) in [6.07, 6.45) is 3.34. The summed E-state index contributed by atoms with van der Waals surface area (Å²) in [5.41, 5.74) is 6.95. The van der Waals surface area contributed by atoms with Gasteiger partial charge < -0.3 is 14.6 Å². The van der Waals surface area contributed by atoms with Crippen LogP contribution < -0.4 is 4.90 Å². The molecule has 0 unspecified atom stereocenters. The number of likely N-dealkylation sites (N-methyl/N-ethyl adjacent to an activating group) is 1. The molecule has 0 aliphatic heterocycles. The van der Waals surface area contributed by atoms with Gasteiger partial charge in [0.15, 0.2) is 0 Å². The number of aryl methyl sites for hydroxylation is 2. The first-order valence-corrected chi connectivity index (χ1v) is 9.41. The second-order valence-electron chi connectivity index (χ2n) is 7.33. The van der Waals surface area contributed by atoms with Gasteiger partial charge in [0.2, 0.25) is 5.91 Å². The number of anilines is 1. The van der Waals surface area contributed by atoms with E-state index in [-0.39, 0.29) is 12.0 Å². The molecular weight excluding hydrogens is 350 g/mol. The number of hydrogen-bond acceptors (Lipinski definition) is 3. The lowest BCUT2D eigenvalue weighted by molar-refractivity contribution is -0.113. The lowest BCUT2D eigenvalue weighted by Crippen LogP contribution is -2.24. The van der Waals surface area contributed by atoms with Crippen molar-refractivity contribution in [2.24, 2.45) is 0 Å². The van der Waals surface area contributed by atoms with Crippen molar-refractivity contribution >= 4 is 22.6 Å². The molecule has 1 aromatic carbocycles. The summed E-state index contributed by atoms with van der Waals surface area (Å²) < 4.78 is 5.73. The fourth-order valence-corrected chi connectivity index (χ4v) is 3.34. The number of amides is 1. The Hall–Kier alpha value is -2.92. The van der Waals surface area contributed by atoms with Crippen LogP contribution in [0.25, 0.3) is 22.2 Å². The van der Waals surface area contributed by atoms with E-state index in [0.29, 0.717) is 6.61 Å². The second kappa shape index (κ2) is 7.98. The van der Waals surface area contributed by atoms with Crippen LogP contribution >= 0.6 is 0 Å². The molecule has 146 valence electrons. The molecule has 2 aromatic heterocycles. The lowest BCUT2D eigenvalue weighted by atomic mass is 9.99. The highest BCUT2D eigenvalue weighted by atomic mass is 16.5. The molecule has 0 fully saturated rings. The molecule has 0 saturated carbocycles. The second-order valence-corrected chi connectivity index (χ2v) is 7.33. The van der Waals surface area contributed by atoms with Gasteiger partial charge in [0.1, 0.15) is 5.65 Å². The predicted molar refractivity (Wildman–Crippen MR) is 115 cm³/mol. The number of fused-ring (bicyclic) bond motifs is 1. The van der Waals surface area contributed by atoms with E-state index in [4.69, 9.17) is 4.74 Å². The number of rotatable bonds is 6. The van der Waals surface area contributed by atoms with Gasteiger partial charge in [0, 0.05) is 35.6 Å². The van der Waals surface area contributed by atoms with Gasteiger partial charge in [-0.2, -0.15) is 0 Å². The quantitative estimate of drug-likeness (QED) is 0.620. The fourth-order valence-electron chi connectivity index (χ4n) is 3.34. The summed E-state index contributed by atoms with van der Waals surface area (Å²) >= 11 is 0. The van der Waals surface area contributed by atoms with Crippen molar-refractivity contribution in [3.63, 3.8) is 0 Å². The van der Waals surface area contributed by atoms with Crippen LogP contribution in [0.2, 0.25) is 0 Å². The molecule has 3 aromatic rings. The third kappa shape index (κ3) is 3.85.